The van der Waals surface area contributed by atoms with E-state index in [9.17, 15) is 9.59 Å². The first-order valence-electron chi connectivity index (χ1n) is 9.99. The first kappa shape index (κ1) is 20.7. The molecule has 4 rings (SSSR count). The van der Waals surface area contributed by atoms with Gasteiger partial charge in [0.05, 0.1) is 0 Å². The lowest BCUT2D eigenvalue weighted by molar-refractivity contribution is -0.134. The van der Waals surface area contributed by atoms with Crippen LogP contribution >= 0.6 is 0 Å². The Bertz CT molecular complexity index is 1190. The number of ether oxygens (including phenoxy) is 1. The van der Waals surface area contributed by atoms with Crippen molar-refractivity contribution in [1.29, 1.82) is 0 Å². The molecule has 0 atom stereocenters. The van der Waals surface area contributed by atoms with Crippen LogP contribution in [0.2, 0.25) is 0 Å². The fourth-order valence-corrected chi connectivity index (χ4v) is 3.10. The summed E-state index contributed by atoms with van der Waals surface area (Å²) in [6.07, 6.45) is 0. The number of nitrogen functional groups attached to an aromatic ring is 1. The van der Waals surface area contributed by atoms with E-state index in [1.54, 1.807) is 72.8 Å². The molecular formula is C26H21N3O3. The van der Waals surface area contributed by atoms with Crippen LogP contribution < -0.4 is 20.7 Å². The molecule has 32 heavy (non-hydrogen) atoms. The number of carbonyl (C=O) groups is 2. The molecule has 0 spiro atoms. The van der Waals surface area contributed by atoms with Crippen LogP contribution in [-0.2, 0) is 9.59 Å². The molecule has 158 valence electrons. The molecular weight excluding hydrogens is 402 g/mol. The lowest BCUT2D eigenvalue weighted by atomic mass is 10.2. The Labute approximate surface area is 185 Å². The minimum Gasteiger partial charge on any atom is -0.457 e. The summed E-state index contributed by atoms with van der Waals surface area (Å²) >= 11 is 0. The lowest BCUT2D eigenvalue weighted by Gasteiger charge is -2.22. The van der Waals surface area contributed by atoms with E-state index in [1.165, 1.54) is 4.90 Å². The fraction of sp³-hybridized carbons (Fsp3) is 0. The van der Waals surface area contributed by atoms with Gasteiger partial charge in [0.1, 0.15) is 11.5 Å². The Balaban J connectivity index is 1.50. The number of para-hydroxylation sites is 2. The van der Waals surface area contributed by atoms with Crippen LogP contribution in [0.1, 0.15) is 0 Å². The van der Waals surface area contributed by atoms with Crippen molar-refractivity contribution in [3.05, 3.63) is 109 Å². The van der Waals surface area contributed by atoms with E-state index in [2.05, 4.69) is 5.32 Å². The Hall–Kier alpha value is -4.58. The summed E-state index contributed by atoms with van der Waals surface area (Å²) in [5, 5.41) is 2.65. The van der Waals surface area contributed by atoms with Crippen molar-refractivity contribution in [1.82, 2.24) is 0 Å². The SMILES string of the molecule is Nc1ccc(N(C(=O)C(=O)Nc2ccc(Oc3ccccc3)cc2)c2ccccc2)cc1. The maximum atomic E-state index is 13.1. The lowest BCUT2D eigenvalue weighted by Crippen LogP contribution is -2.36. The van der Waals surface area contributed by atoms with E-state index < -0.39 is 11.8 Å². The number of hydrogen-bond donors (Lipinski definition) is 2. The van der Waals surface area contributed by atoms with Gasteiger partial charge >= 0.3 is 11.8 Å². The number of rotatable bonds is 5. The third-order valence-electron chi connectivity index (χ3n) is 4.65. The molecule has 0 saturated carbocycles. The molecule has 3 N–H and O–H groups in total. The third-order valence-corrected chi connectivity index (χ3v) is 4.65. The molecule has 0 bridgehead atoms. The van der Waals surface area contributed by atoms with Gasteiger partial charge in [0.2, 0.25) is 0 Å². The van der Waals surface area contributed by atoms with E-state index in [1.807, 2.05) is 36.4 Å². The molecule has 2 amide bonds. The van der Waals surface area contributed by atoms with Gasteiger partial charge in [0, 0.05) is 22.7 Å². The van der Waals surface area contributed by atoms with Crippen molar-refractivity contribution >= 4 is 34.6 Å². The molecule has 0 aliphatic heterocycles. The molecule has 0 fully saturated rings. The molecule has 0 heterocycles. The smallest absolute Gasteiger partial charge is 0.321 e. The highest BCUT2D eigenvalue weighted by molar-refractivity contribution is 6.45. The maximum absolute atomic E-state index is 13.1. The molecule has 0 radical (unpaired) electrons. The standard InChI is InChI=1S/C26H21N3O3/c27-19-11-15-22(16-12-19)29(21-7-3-1-4-8-21)26(31)25(30)28-20-13-17-24(18-14-20)32-23-9-5-2-6-10-23/h1-18H,27H2,(H,28,30). The Morgan fingerprint density at radius 1 is 0.656 bits per heavy atom. The average molecular weight is 423 g/mol. The highest BCUT2D eigenvalue weighted by atomic mass is 16.5. The number of amides is 2. The topological polar surface area (TPSA) is 84.7 Å². The number of nitrogens with two attached hydrogens (primary N) is 1. The molecule has 0 aliphatic carbocycles. The largest absolute Gasteiger partial charge is 0.457 e. The first-order valence-corrected chi connectivity index (χ1v) is 9.99. The van der Waals surface area contributed by atoms with Crippen molar-refractivity contribution in [2.75, 3.05) is 16.0 Å². The second-order valence-corrected chi connectivity index (χ2v) is 6.96. The van der Waals surface area contributed by atoms with Crippen LogP contribution in [0.3, 0.4) is 0 Å². The van der Waals surface area contributed by atoms with Gasteiger partial charge in [-0.1, -0.05) is 36.4 Å². The van der Waals surface area contributed by atoms with Crippen LogP contribution in [0.25, 0.3) is 0 Å². The van der Waals surface area contributed by atoms with Gasteiger partial charge in [-0.3, -0.25) is 14.5 Å². The van der Waals surface area contributed by atoms with Crippen LogP contribution in [-0.4, -0.2) is 11.8 Å². The van der Waals surface area contributed by atoms with E-state index in [0.717, 1.165) is 0 Å². The van der Waals surface area contributed by atoms with Crippen LogP contribution in [0.5, 0.6) is 11.5 Å². The van der Waals surface area contributed by atoms with Crippen molar-refractivity contribution < 1.29 is 14.3 Å². The monoisotopic (exact) mass is 423 g/mol. The van der Waals surface area contributed by atoms with Gasteiger partial charge in [-0.05, 0) is 72.8 Å². The molecule has 4 aromatic carbocycles. The minimum atomic E-state index is -0.762. The first-order chi connectivity index (χ1) is 15.6. The summed E-state index contributed by atoms with van der Waals surface area (Å²) in [7, 11) is 0. The molecule has 0 aliphatic rings. The summed E-state index contributed by atoms with van der Waals surface area (Å²) in [5.41, 5.74) is 7.93. The molecule has 6 nitrogen and oxygen atoms in total. The Morgan fingerprint density at radius 3 is 1.81 bits per heavy atom. The number of benzene rings is 4. The predicted octanol–water partition coefficient (Wildman–Crippen LogP) is 5.36. The number of hydrogen-bond acceptors (Lipinski definition) is 4. The number of anilines is 4. The zero-order valence-electron chi connectivity index (χ0n) is 17.1. The zero-order chi connectivity index (χ0) is 22.3. The third kappa shape index (κ3) is 4.94. The summed E-state index contributed by atoms with van der Waals surface area (Å²) in [6.45, 7) is 0. The summed E-state index contributed by atoms with van der Waals surface area (Å²) in [5.74, 6) is -0.150. The Kier molecular flexibility index (Phi) is 6.13. The van der Waals surface area contributed by atoms with E-state index in [-0.39, 0.29) is 0 Å². The average Bonchev–Trinajstić information content (AvgIpc) is 2.83. The molecule has 0 unspecified atom stereocenters. The van der Waals surface area contributed by atoms with Gasteiger partial charge in [0.15, 0.2) is 0 Å². The van der Waals surface area contributed by atoms with Crippen molar-refractivity contribution in [3.8, 4) is 11.5 Å². The number of nitrogens with zero attached hydrogens (tertiary/aromatic N) is 1. The van der Waals surface area contributed by atoms with Gasteiger partial charge in [-0.2, -0.15) is 0 Å². The number of nitrogens with one attached hydrogen (secondary N) is 1. The quantitative estimate of drug-likeness (QED) is 0.334. The van der Waals surface area contributed by atoms with Gasteiger partial charge < -0.3 is 15.8 Å². The second kappa shape index (κ2) is 9.49. The molecule has 4 aromatic rings. The molecule has 0 saturated heterocycles. The highest BCUT2D eigenvalue weighted by Crippen LogP contribution is 2.27. The molecule has 6 heteroatoms. The second-order valence-electron chi connectivity index (χ2n) is 6.96. The summed E-state index contributed by atoms with van der Waals surface area (Å²) in [6, 6.07) is 31.9. The van der Waals surface area contributed by atoms with Crippen molar-refractivity contribution in [2.45, 2.75) is 0 Å². The van der Waals surface area contributed by atoms with Gasteiger partial charge in [0.25, 0.3) is 0 Å². The zero-order valence-corrected chi connectivity index (χ0v) is 17.1. The van der Waals surface area contributed by atoms with Gasteiger partial charge in [-0.15, -0.1) is 0 Å². The minimum absolute atomic E-state index is 0.481. The van der Waals surface area contributed by atoms with E-state index in [0.29, 0.717) is 34.2 Å². The predicted molar refractivity (Wildman–Crippen MR) is 126 cm³/mol. The van der Waals surface area contributed by atoms with E-state index in [4.69, 9.17) is 10.5 Å². The summed E-state index contributed by atoms with van der Waals surface area (Å²) in [4.78, 5) is 27.2. The summed E-state index contributed by atoms with van der Waals surface area (Å²) < 4.78 is 5.75. The number of carbonyl (C=O) groups excluding carboxylic acids is 2. The van der Waals surface area contributed by atoms with Crippen LogP contribution in [0, 0.1) is 0 Å². The fourth-order valence-electron chi connectivity index (χ4n) is 3.10. The van der Waals surface area contributed by atoms with Crippen molar-refractivity contribution in [3.63, 3.8) is 0 Å². The van der Waals surface area contributed by atoms with Gasteiger partial charge in [-0.25, -0.2) is 0 Å². The Morgan fingerprint density at radius 2 is 1.19 bits per heavy atom. The van der Waals surface area contributed by atoms with Crippen LogP contribution in [0.4, 0.5) is 22.7 Å². The maximum Gasteiger partial charge on any atom is 0.321 e. The van der Waals surface area contributed by atoms with Crippen molar-refractivity contribution in [2.24, 2.45) is 0 Å². The van der Waals surface area contributed by atoms with E-state index >= 15 is 0 Å². The molecule has 0 aromatic heterocycles. The highest BCUT2D eigenvalue weighted by Gasteiger charge is 2.25. The van der Waals surface area contributed by atoms with Crippen LogP contribution in [0.15, 0.2) is 109 Å². The normalized spacial score (nSPS) is 10.2.